The Labute approximate surface area is 101 Å². The molecule has 2 heterocycles. The quantitative estimate of drug-likeness (QED) is 0.687. The van der Waals surface area contributed by atoms with E-state index in [2.05, 4.69) is 0 Å². The molecule has 0 saturated carbocycles. The van der Waals surface area contributed by atoms with Crippen molar-refractivity contribution in [3.63, 3.8) is 0 Å². The first kappa shape index (κ1) is 10.8. The maximum absolute atomic E-state index is 12.4. The van der Waals surface area contributed by atoms with E-state index in [0.29, 0.717) is 6.61 Å². The van der Waals surface area contributed by atoms with E-state index in [-0.39, 0.29) is 29.5 Å². The zero-order chi connectivity index (χ0) is 12.2. The molecular formula is C13H17NO3. The van der Waals surface area contributed by atoms with Gasteiger partial charge >= 0.3 is 0 Å². The van der Waals surface area contributed by atoms with Crippen molar-refractivity contribution in [3.8, 4) is 0 Å². The van der Waals surface area contributed by atoms with E-state index in [9.17, 15) is 4.79 Å². The molecule has 92 valence electrons. The number of nitrogens with zero attached hydrogens (tertiary/aromatic N) is 1. The highest BCUT2D eigenvalue weighted by Crippen LogP contribution is 2.44. The summed E-state index contributed by atoms with van der Waals surface area (Å²) in [5.41, 5.74) is -0.200. The molecule has 3 atom stereocenters. The Bertz CT molecular complexity index is 424. The van der Waals surface area contributed by atoms with Crippen molar-refractivity contribution in [1.82, 2.24) is 4.90 Å². The molecule has 0 N–H and O–H groups in total. The zero-order valence-electron chi connectivity index (χ0n) is 10.3. The van der Waals surface area contributed by atoms with Gasteiger partial charge in [-0.15, -0.1) is 0 Å². The molecule has 0 radical (unpaired) electrons. The molecule has 4 heteroatoms. The molecule has 0 aromatic heterocycles. The van der Waals surface area contributed by atoms with Crippen LogP contribution in [0.25, 0.3) is 0 Å². The molecule has 0 aromatic rings. The molecule has 1 aliphatic carbocycles. The zero-order valence-corrected chi connectivity index (χ0v) is 10.3. The largest absolute Gasteiger partial charge is 0.497 e. The van der Waals surface area contributed by atoms with Crippen LogP contribution < -0.4 is 0 Å². The highest BCUT2D eigenvalue weighted by Gasteiger charge is 2.56. The number of methoxy groups -OCH3 is 1. The Kier molecular flexibility index (Phi) is 2.14. The van der Waals surface area contributed by atoms with Crippen molar-refractivity contribution in [2.24, 2.45) is 11.8 Å². The van der Waals surface area contributed by atoms with Crippen molar-refractivity contribution < 1.29 is 14.3 Å². The minimum atomic E-state index is -0.200. The molecule has 3 aliphatic rings. The lowest BCUT2D eigenvalue weighted by atomic mass is 9.89. The summed E-state index contributed by atoms with van der Waals surface area (Å²) in [7, 11) is 1.64. The second kappa shape index (κ2) is 3.35. The van der Waals surface area contributed by atoms with E-state index < -0.39 is 0 Å². The number of carbonyl (C=O) groups is 1. The van der Waals surface area contributed by atoms with Gasteiger partial charge in [-0.05, 0) is 26.0 Å². The van der Waals surface area contributed by atoms with Gasteiger partial charge in [-0.1, -0.05) is 6.08 Å². The van der Waals surface area contributed by atoms with Crippen LogP contribution in [0.3, 0.4) is 0 Å². The fraction of sp³-hybridized carbons (Fsp3) is 0.615. The SMILES string of the molecule is COC1=C[C@@H]2[C@H]3OCC(C)(C)N3C(=O)[C@@H]2C=C1. The summed E-state index contributed by atoms with van der Waals surface area (Å²) in [5, 5.41) is 0. The van der Waals surface area contributed by atoms with Gasteiger partial charge in [-0.3, -0.25) is 4.79 Å². The molecular weight excluding hydrogens is 218 g/mol. The second-order valence-corrected chi connectivity index (χ2v) is 5.46. The Morgan fingerprint density at radius 1 is 1.53 bits per heavy atom. The summed E-state index contributed by atoms with van der Waals surface area (Å²) < 4.78 is 11.0. The van der Waals surface area contributed by atoms with E-state index in [1.54, 1.807) is 7.11 Å². The molecule has 0 unspecified atom stereocenters. The van der Waals surface area contributed by atoms with E-state index in [1.165, 1.54) is 0 Å². The Morgan fingerprint density at radius 3 is 3.00 bits per heavy atom. The first-order chi connectivity index (χ1) is 8.04. The Morgan fingerprint density at radius 2 is 2.29 bits per heavy atom. The average Bonchev–Trinajstić information content (AvgIpc) is 2.77. The maximum Gasteiger partial charge on any atom is 0.232 e. The molecule has 4 nitrogen and oxygen atoms in total. The van der Waals surface area contributed by atoms with Gasteiger partial charge in [0, 0.05) is 5.92 Å². The van der Waals surface area contributed by atoms with Crippen molar-refractivity contribution in [2.45, 2.75) is 25.6 Å². The van der Waals surface area contributed by atoms with Crippen molar-refractivity contribution >= 4 is 5.91 Å². The van der Waals surface area contributed by atoms with Crippen LogP contribution in [-0.2, 0) is 14.3 Å². The highest BCUT2D eigenvalue weighted by molar-refractivity contribution is 5.85. The molecule has 0 aromatic carbocycles. The molecule has 17 heavy (non-hydrogen) atoms. The van der Waals surface area contributed by atoms with Crippen LogP contribution >= 0.6 is 0 Å². The van der Waals surface area contributed by atoms with Crippen molar-refractivity contribution in [1.29, 1.82) is 0 Å². The first-order valence-corrected chi connectivity index (χ1v) is 5.93. The summed E-state index contributed by atoms with van der Waals surface area (Å²) in [4.78, 5) is 14.2. The van der Waals surface area contributed by atoms with Crippen LogP contribution in [0.15, 0.2) is 24.0 Å². The van der Waals surface area contributed by atoms with Gasteiger partial charge in [0.15, 0.2) is 0 Å². The second-order valence-electron chi connectivity index (χ2n) is 5.46. The van der Waals surface area contributed by atoms with E-state index in [4.69, 9.17) is 9.47 Å². The fourth-order valence-electron chi connectivity index (χ4n) is 2.96. The van der Waals surface area contributed by atoms with Gasteiger partial charge in [0.2, 0.25) is 5.91 Å². The number of fused-ring (bicyclic) bond motifs is 3. The van der Waals surface area contributed by atoms with Crippen molar-refractivity contribution in [2.75, 3.05) is 13.7 Å². The lowest BCUT2D eigenvalue weighted by Gasteiger charge is -2.28. The van der Waals surface area contributed by atoms with Crippen LogP contribution in [0.5, 0.6) is 0 Å². The normalized spacial score (nSPS) is 37.8. The third-order valence-corrected chi connectivity index (χ3v) is 3.84. The van der Waals surface area contributed by atoms with Gasteiger partial charge in [0.1, 0.15) is 12.0 Å². The summed E-state index contributed by atoms with van der Waals surface area (Å²) in [5.74, 6) is 0.988. The predicted molar refractivity (Wildman–Crippen MR) is 61.9 cm³/mol. The minimum absolute atomic E-state index is 0.0847. The predicted octanol–water partition coefficient (Wildman–Crippen LogP) is 1.30. The smallest absolute Gasteiger partial charge is 0.232 e. The van der Waals surface area contributed by atoms with Gasteiger partial charge in [0.25, 0.3) is 0 Å². The van der Waals surface area contributed by atoms with Crippen LogP contribution in [0.1, 0.15) is 13.8 Å². The van der Waals surface area contributed by atoms with Gasteiger partial charge in [0.05, 0.1) is 25.2 Å². The lowest BCUT2D eigenvalue weighted by molar-refractivity contribution is -0.134. The Hall–Kier alpha value is -1.29. The third-order valence-electron chi connectivity index (χ3n) is 3.84. The summed E-state index contributed by atoms with van der Waals surface area (Å²) in [6, 6.07) is 0. The van der Waals surface area contributed by atoms with E-state index in [0.717, 1.165) is 5.76 Å². The van der Waals surface area contributed by atoms with Gasteiger partial charge in [-0.2, -0.15) is 0 Å². The monoisotopic (exact) mass is 235 g/mol. The number of rotatable bonds is 1. The first-order valence-electron chi connectivity index (χ1n) is 5.93. The summed E-state index contributed by atoms with van der Waals surface area (Å²) >= 11 is 0. The van der Waals surface area contributed by atoms with E-state index >= 15 is 0 Å². The van der Waals surface area contributed by atoms with Gasteiger partial charge in [-0.25, -0.2) is 0 Å². The maximum atomic E-state index is 12.4. The average molecular weight is 235 g/mol. The lowest BCUT2D eigenvalue weighted by Crippen LogP contribution is -2.44. The molecule has 2 aliphatic heterocycles. The Balaban J connectivity index is 1.98. The molecule has 3 rings (SSSR count). The third kappa shape index (κ3) is 1.37. The number of hydrogen-bond donors (Lipinski definition) is 0. The number of carbonyl (C=O) groups excluding carboxylic acids is 1. The van der Waals surface area contributed by atoms with Crippen molar-refractivity contribution in [3.05, 3.63) is 24.0 Å². The summed E-state index contributed by atoms with van der Waals surface area (Å²) in [6.07, 6.45) is 5.68. The number of amides is 1. The topological polar surface area (TPSA) is 38.8 Å². The molecule has 2 saturated heterocycles. The molecule has 1 amide bonds. The molecule has 0 spiro atoms. The molecule has 0 bridgehead atoms. The number of ether oxygens (including phenoxy) is 2. The van der Waals surface area contributed by atoms with Gasteiger partial charge < -0.3 is 14.4 Å². The standard InChI is InChI=1S/C13H17NO3/c1-13(2)7-17-12-10-6-8(16-3)4-5-9(10)11(15)14(12)13/h4-6,9-10,12H,7H2,1-3H3/t9-,10+,12-/m1/s1. The van der Waals surface area contributed by atoms with E-state index in [1.807, 2.05) is 37.0 Å². The van der Waals surface area contributed by atoms with Crippen LogP contribution in [0, 0.1) is 11.8 Å². The minimum Gasteiger partial charge on any atom is -0.497 e. The number of hydrogen-bond acceptors (Lipinski definition) is 3. The highest BCUT2D eigenvalue weighted by atomic mass is 16.5. The van der Waals surface area contributed by atoms with Crippen LogP contribution in [0.2, 0.25) is 0 Å². The summed E-state index contributed by atoms with van der Waals surface area (Å²) in [6.45, 7) is 4.70. The molecule has 2 fully saturated rings. The van der Waals surface area contributed by atoms with Crippen LogP contribution in [0.4, 0.5) is 0 Å². The number of allylic oxidation sites excluding steroid dienone is 1. The van der Waals surface area contributed by atoms with Crippen LogP contribution in [-0.4, -0.2) is 36.3 Å². The fourth-order valence-corrected chi connectivity index (χ4v) is 2.96.